The molecule has 4 nitrogen and oxygen atoms in total. The Kier molecular flexibility index (Phi) is 4.43. The van der Waals surface area contributed by atoms with Crippen LogP contribution >= 0.6 is 0 Å². The van der Waals surface area contributed by atoms with E-state index in [0.717, 1.165) is 12.1 Å². The van der Waals surface area contributed by atoms with Crippen molar-refractivity contribution >= 4 is 5.91 Å². The number of hydrogen-bond donors (Lipinski definition) is 0. The molecular weight excluding hydrogens is 317 g/mol. The van der Waals surface area contributed by atoms with Crippen LogP contribution in [0.15, 0.2) is 30.3 Å². The highest BCUT2D eigenvalue weighted by molar-refractivity contribution is 5.93. The number of nitrogens with zero attached hydrogens (tertiary/aromatic N) is 3. The standard InChI is InChI=1S/C20H26FN3O/c1-13(2)18-12-16(22-24(18)20(3,4)5)19(25)23-11-10-17(23)14-8-6-7-9-15(14)21/h6-9,12-13,17H,10-11H2,1-5H3/t17-/m1/s1. The predicted molar refractivity (Wildman–Crippen MR) is 96.1 cm³/mol. The van der Waals surface area contributed by atoms with E-state index in [0.29, 0.717) is 17.8 Å². The first-order valence-electron chi connectivity index (χ1n) is 8.86. The summed E-state index contributed by atoms with van der Waals surface area (Å²) in [5.41, 5.74) is 1.87. The highest BCUT2D eigenvalue weighted by Crippen LogP contribution is 2.36. The SMILES string of the molecule is CC(C)c1cc(C(=O)N2CC[C@@H]2c2ccccc2F)nn1C(C)(C)C. The zero-order valence-corrected chi connectivity index (χ0v) is 15.6. The van der Waals surface area contributed by atoms with Crippen LogP contribution in [0.25, 0.3) is 0 Å². The summed E-state index contributed by atoms with van der Waals surface area (Å²) in [6.07, 6.45) is 0.781. The van der Waals surface area contributed by atoms with Gasteiger partial charge in [0.05, 0.1) is 11.6 Å². The maximum absolute atomic E-state index is 14.1. The average Bonchev–Trinajstić information content (AvgIpc) is 2.94. The summed E-state index contributed by atoms with van der Waals surface area (Å²) in [6.45, 7) is 11.1. The zero-order valence-electron chi connectivity index (χ0n) is 15.6. The Morgan fingerprint density at radius 1 is 1.28 bits per heavy atom. The van der Waals surface area contributed by atoms with Crippen molar-refractivity contribution < 1.29 is 9.18 Å². The molecule has 2 heterocycles. The highest BCUT2D eigenvalue weighted by Gasteiger charge is 2.37. The normalized spacial score (nSPS) is 17.7. The number of aromatic nitrogens is 2. The minimum atomic E-state index is -0.256. The van der Waals surface area contributed by atoms with E-state index >= 15 is 0 Å². The van der Waals surface area contributed by atoms with Crippen LogP contribution < -0.4 is 0 Å². The van der Waals surface area contributed by atoms with E-state index in [4.69, 9.17) is 0 Å². The second-order valence-corrected chi connectivity index (χ2v) is 8.02. The Morgan fingerprint density at radius 3 is 2.44 bits per heavy atom. The van der Waals surface area contributed by atoms with E-state index in [1.54, 1.807) is 17.0 Å². The van der Waals surface area contributed by atoms with Crippen molar-refractivity contribution in [3.8, 4) is 0 Å². The molecule has 25 heavy (non-hydrogen) atoms. The monoisotopic (exact) mass is 343 g/mol. The lowest BCUT2D eigenvalue weighted by Crippen LogP contribution is -2.45. The topological polar surface area (TPSA) is 38.1 Å². The van der Waals surface area contributed by atoms with Gasteiger partial charge in [-0.15, -0.1) is 0 Å². The van der Waals surface area contributed by atoms with E-state index in [9.17, 15) is 9.18 Å². The van der Waals surface area contributed by atoms with Gasteiger partial charge < -0.3 is 4.90 Å². The number of likely N-dealkylation sites (tertiary alicyclic amines) is 1. The number of carbonyl (C=O) groups excluding carboxylic acids is 1. The molecule has 0 saturated carbocycles. The first-order valence-corrected chi connectivity index (χ1v) is 8.86. The number of rotatable bonds is 3. The Labute approximate surface area is 148 Å². The van der Waals surface area contributed by atoms with Crippen molar-refractivity contribution in [3.63, 3.8) is 0 Å². The van der Waals surface area contributed by atoms with Gasteiger partial charge in [-0.25, -0.2) is 4.39 Å². The minimum absolute atomic E-state index is 0.121. The molecule has 1 saturated heterocycles. The van der Waals surface area contributed by atoms with Gasteiger partial charge in [0.1, 0.15) is 5.82 Å². The molecule has 0 aliphatic carbocycles. The van der Waals surface area contributed by atoms with Gasteiger partial charge >= 0.3 is 0 Å². The number of amides is 1. The fourth-order valence-electron chi connectivity index (χ4n) is 3.29. The van der Waals surface area contributed by atoms with Crippen molar-refractivity contribution in [2.45, 2.75) is 58.5 Å². The molecule has 0 bridgehead atoms. The fraction of sp³-hybridized carbons (Fsp3) is 0.500. The Morgan fingerprint density at radius 2 is 1.96 bits per heavy atom. The Hall–Kier alpha value is -2.17. The fourth-order valence-corrected chi connectivity index (χ4v) is 3.29. The van der Waals surface area contributed by atoms with Crippen LogP contribution in [-0.2, 0) is 5.54 Å². The molecule has 1 aliphatic heterocycles. The lowest BCUT2D eigenvalue weighted by atomic mass is 9.93. The molecule has 5 heteroatoms. The van der Waals surface area contributed by atoms with E-state index in [1.807, 2.05) is 16.8 Å². The van der Waals surface area contributed by atoms with Gasteiger partial charge in [-0.2, -0.15) is 5.10 Å². The van der Waals surface area contributed by atoms with Crippen LogP contribution in [0.1, 0.15) is 74.7 Å². The number of halogens is 1. The molecule has 1 aromatic carbocycles. The summed E-state index contributed by atoms with van der Waals surface area (Å²) >= 11 is 0. The molecule has 0 unspecified atom stereocenters. The molecule has 1 amide bonds. The zero-order chi connectivity index (χ0) is 18.4. The third kappa shape index (κ3) is 3.20. The highest BCUT2D eigenvalue weighted by atomic mass is 19.1. The van der Waals surface area contributed by atoms with Crippen molar-refractivity contribution in [2.24, 2.45) is 0 Å². The molecule has 0 spiro atoms. The van der Waals surface area contributed by atoms with Crippen LogP contribution in [-0.4, -0.2) is 27.1 Å². The maximum atomic E-state index is 14.1. The first-order chi connectivity index (χ1) is 11.7. The van der Waals surface area contributed by atoms with E-state index < -0.39 is 0 Å². The van der Waals surface area contributed by atoms with Gasteiger partial charge in [-0.05, 0) is 45.2 Å². The van der Waals surface area contributed by atoms with E-state index in [2.05, 4.69) is 39.7 Å². The van der Waals surface area contributed by atoms with Crippen LogP contribution in [0, 0.1) is 5.82 Å². The minimum Gasteiger partial charge on any atom is -0.330 e. The number of hydrogen-bond acceptors (Lipinski definition) is 2. The van der Waals surface area contributed by atoms with Gasteiger partial charge in [-0.3, -0.25) is 9.48 Å². The lowest BCUT2D eigenvalue weighted by molar-refractivity contribution is 0.0445. The summed E-state index contributed by atoms with van der Waals surface area (Å²) in [6, 6.07) is 8.37. The second kappa shape index (κ2) is 6.28. The van der Waals surface area contributed by atoms with Crippen molar-refractivity contribution in [1.29, 1.82) is 0 Å². The molecule has 134 valence electrons. The van der Waals surface area contributed by atoms with Crippen LogP contribution in [0.5, 0.6) is 0 Å². The molecule has 1 aromatic heterocycles. The molecule has 0 N–H and O–H groups in total. The summed E-state index contributed by atoms with van der Waals surface area (Å²) in [4.78, 5) is 14.7. The maximum Gasteiger partial charge on any atom is 0.274 e. The predicted octanol–water partition coefficient (Wildman–Crippen LogP) is 4.49. The Balaban J connectivity index is 1.90. The van der Waals surface area contributed by atoms with Gasteiger partial charge in [0.25, 0.3) is 5.91 Å². The summed E-state index contributed by atoms with van der Waals surface area (Å²) < 4.78 is 16.0. The largest absolute Gasteiger partial charge is 0.330 e. The van der Waals surface area contributed by atoms with Crippen molar-refractivity contribution in [1.82, 2.24) is 14.7 Å². The number of carbonyl (C=O) groups is 1. The quantitative estimate of drug-likeness (QED) is 0.824. The summed E-state index contributed by atoms with van der Waals surface area (Å²) in [5, 5.41) is 4.59. The van der Waals surface area contributed by atoms with E-state index in [-0.39, 0.29) is 29.2 Å². The summed E-state index contributed by atoms with van der Waals surface area (Å²) in [7, 11) is 0. The molecular formula is C20H26FN3O. The average molecular weight is 343 g/mol. The van der Waals surface area contributed by atoms with Gasteiger partial charge in [0, 0.05) is 17.8 Å². The molecule has 1 fully saturated rings. The molecule has 2 aromatic rings. The third-order valence-corrected chi connectivity index (χ3v) is 4.73. The first kappa shape index (κ1) is 17.6. The summed E-state index contributed by atoms with van der Waals surface area (Å²) in [5.74, 6) is -0.107. The van der Waals surface area contributed by atoms with Crippen LogP contribution in [0.3, 0.4) is 0 Å². The lowest BCUT2D eigenvalue weighted by Gasteiger charge is -2.41. The Bertz CT molecular complexity index is 788. The molecule has 1 aliphatic rings. The van der Waals surface area contributed by atoms with E-state index in [1.165, 1.54) is 6.07 Å². The molecule has 0 radical (unpaired) electrons. The van der Waals surface area contributed by atoms with Crippen LogP contribution in [0.2, 0.25) is 0 Å². The van der Waals surface area contributed by atoms with Gasteiger partial charge in [0.2, 0.25) is 0 Å². The van der Waals surface area contributed by atoms with Gasteiger partial charge in [-0.1, -0.05) is 32.0 Å². The molecule has 3 rings (SSSR count). The van der Waals surface area contributed by atoms with Gasteiger partial charge in [0.15, 0.2) is 5.69 Å². The molecule has 1 atom stereocenters. The van der Waals surface area contributed by atoms with Crippen molar-refractivity contribution in [3.05, 3.63) is 53.1 Å². The van der Waals surface area contributed by atoms with Crippen LogP contribution in [0.4, 0.5) is 4.39 Å². The second-order valence-electron chi connectivity index (χ2n) is 8.02. The van der Waals surface area contributed by atoms with Crippen molar-refractivity contribution in [2.75, 3.05) is 6.54 Å². The smallest absolute Gasteiger partial charge is 0.274 e. The third-order valence-electron chi connectivity index (χ3n) is 4.73. The number of benzene rings is 1.